The van der Waals surface area contributed by atoms with E-state index < -0.39 is 42.0 Å². The zero-order chi connectivity index (χ0) is 27.9. The number of likely N-dealkylation sites (tertiary alicyclic amines) is 1. The predicted octanol–water partition coefficient (Wildman–Crippen LogP) is 2.63. The zero-order valence-electron chi connectivity index (χ0n) is 21.4. The summed E-state index contributed by atoms with van der Waals surface area (Å²) in [7, 11) is 1.85. The lowest BCUT2D eigenvalue weighted by molar-refractivity contribution is -0.119. The summed E-state index contributed by atoms with van der Waals surface area (Å²) in [5, 5.41) is 11.3. The van der Waals surface area contributed by atoms with Gasteiger partial charge in [0.05, 0.1) is 18.6 Å². The Kier molecular flexibility index (Phi) is 9.94. The van der Waals surface area contributed by atoms with Crippen LogP contribution in [0.3, 0.4) is 0 Å². The number of nitrogens with one attached hydrogen (secondary N) is 4. The molecule has 0 bridgehead atoms. The van der Waals surface area contributed by atoms with Gasteiger partial charge in [-0.1, -0.05) is 36.8 Å². The summed E-state index contributed by atoms with van der Waals surface area (Å²) in [5.74, 6) is 4.05. The standard InChI is InChI=1S/C27H33F4N5O2/c1-17(27(29,30)31)26-20-8-4-9-23(35-24-11-14-36(3)16-22(24)28)21(20)15-19(34-26)7-5-13-33-25(38)10-6-12-32-18(2)37/h4-5,7-9,19,22,24,26,34-35H,1,11-16H2,2-3H3,(H,32,37)(H,33,38)/b7-5+/t19?,22-,24+,26?/m0/s1. The molecule has 38 heavy (non-hydrogen) atoms. The number of rotatable bonds is 7. The summed E-state index contributed by atoms with van der Waals surface area (Å²) < 4.78 is 55.7. The van der Waals surface area contributed by atoms with Crippen LogP contribution in [0.5, 0.6) is 0 Å². The van der Waals surface area contributed by atoms with Gasteiger partial charge in [-0.3, -0.25) is 14.9 Å². The van der Waals surface area contributed by atoms with Crippen molar-refractivity contribution >= 4 is 17.5 Å². The van der Waals surface area contributed by atoms with E-state index in [2.05, 4.69) is 39.7 Å². The quantitative estimate of drug-likeness (QED) is 0.245. The summed E-state index contributed by atoms with van der Waals surface area (Å²) in [5.41, 5.74) is 0.824. The van der Waals surface area contributed by atoms with Crippen LogP contribution in [-0.2, 0) is 16.0 Å². The Labute approximate surface area is 220 Å². The molecule has 0 radical (unpaired) electrons. The zero-order valence-corrected chi connectivity index (χ0v) is 21.4. The van der Waals surface area contributed by atoms with E-state index >= 15 is 0 Å². The maximum Gasteiger partial charge on any atom is 0.413 e. The number of alkyl halides is 4. The van der Waals surface area contributed by atoms with Gasteiger partial charge in [-0.05, 0) is 43.0 Å². The smallest absolute Gasteiger partial charge is 0.379 e. The van der Waals surface area contributed by atoms with E-state index in [1.165, 1.54) is 6.92 Å². The van der Waals surface area contributed by atoms with E-state index in [0.29, 0.717) is 29.7 Å². The van der Waals surface area contributed by atoms with E-state index in [-0.39, 0.29) is 25.5 Å². The second-order valence-corrected chi connectivity index (χ2v) is 9.47. The Hall–Kier alpha value is -3.36. The van der Waals surface area contributed by atoms with Crippen LogP contribution >= 0.6 is 0 Å². The number of anilines is 1. The second kappa shape index (κ2) is 12.9. The maximum absolute atomic E-state index is 14.7. The SMILES string of the molecule is C=C(C1NC(/C=C/CNC(=O)C#CCNC(C)=O)Cc2c(N[C@@H]3CCN(C)C[C@@H]3F)cccc21)C(F)(F)F. The first-order valence-electron chi connectivity index (χ1n) is 12.4. The minimum absolute atomic E-state index is 0.0472. The molecule has 2 amide bonds. The molecule has 11 heteroatoms. The fourth-order valence-electron chi connectivity index (χ4n) is 4.54. The van der Waals surface area contributed by atoms with Gasteiger partial charge < -0.3 is 20.9 Å². The minimum Gasteiger partial charge on any atom is -0.379 e. The molecule has 2 heterocycles. The van der Waals surface area contributed by atoms with E-state index in [1.807, 2.05) is 11.9 Å². The first-order valence-corrected chi connectivity index (χ1v) is 12.4. The first kappa shape index (κ1) is 29.2. The number of amides is 2. The highest BCUT2D eigenvalue weighted by Crippen LogP contribution is 2.40. The highest BCUT2D eigenvalue weighted by Gasteiger charge is 2.41. The molecule has 2 aliphatic heterocycles. The molecule has 0 aromatic heterocycles. The van der Waals surface area contributed by atoms with Gasteiger partial charge in [0.2, 0.25) is 5.91 Å². The monoisotopic (exact) mass is 535 g/mol. The molecule has 1 aromatic rings. The summed E-state index contributed by atoms with van der Waals surface area (Å²) in [6.45, 7) is 5.82. The Bertz CT molecular complexity index is 1120. The number of benzene rings is 1. The molecule has 4 N–H and O–H groups in total. The Morgan fingerprint density at radius 1 is 1.29 bits per heavy atom. The van der Waals surface area contributed by atoms with Gasteiger partial charge in [0, 0.05) is 43.9 Å². The van der Waals surface area contributed by atoms with Crippen molar-refractivity contribution in [3.63, 3.8) is 0 Å². The number of fused-ring (bicyclic) bond motifs is 1. The molecule has 4 atom stereocenters. The molecule has 0 aliphatic carbocycles. The number of hydrogen-bond donors (Lipinski definition) is 4. The Morgan fingerprint density at radius 2 is 2.05 bits per heavy atom. The van der Waals surface area contributed by atoms with E-state index in [1.54, 1.807) is 30.4 Å². The van der Waals surface area contributed by atoms with Crippen molar-refractivity contribution in [2.24, 2.45) is 0 Å². The molecule has 7 nitrogen and oxygen atoms in total. The first-order chi connectivity index (χ1) is 18.0. The van der Waals surface area contributed by atoms with Crippen LogP contribution < -0.4 is 21.3 Å². The molecule has 0 spiro atoms. The van der Waals surface area contributed by atoms with E-state index in [4.69, 9.17) is 0 Å². The van der Waals surface area contributed by atoms with Crippen LogP contribution in [0.1, 0.15) is 30.5 Å². The average Bonchev–Trinajstić information content (AvgIpc) is 2.85. The molecular formula is C27H33F4N5O2. The highest BCUT2D eigenvalue weighted by molar-refractivity contribution is 5.93. The number of nitrogens with zero attached hydrogens (tertiary/aromatic N) is 1. The third kappa shape index (κ3) is 8.07. The van der Waals surface area contributed by atoms with Crippen LogP contribution in [0.2, 0.25) is 0 Å². The van der Waals surface area contributed by atoms with Gasteiger partial charge in [-0.25, -0.2) is 4.39 Å². The summed E-state index contributed by atoms with van der Waals surface area (Å²) in [6, 6.07) is 2.96. The van der Waals surface area contributed by atoms with Crippen molar-refractivity contribution < 1.29 is 27.2 Å². The number of hydrogen-bond acceptors (Lipinski definition) is 5. The van der Waals surface area contributed by atoms with Crippen molar-refractivity contribution in [3.05, 3.63) is 53.6 Å². The van der Waals surface area contributed by atoms with Crippen molar-refractivity contribution in [2.45, 2.75) is 50.2 Å². The van der Waals surface area contributed by atoms with E-state index in [0.717, 1.165) is 6.54 Å². The lowest BCUT2D eigenvalue weighted by atomic mass is 9.85. The third-order valence-corrected chi connectivity index (χ3v) is 6.50. The molecule has 3 rings (SSSR count). The molecule has 2 aliphatic rings. The fourth-order valence-corrected chi connectivity index (χ4v) is 4.54. The van der Waals surface area contributed by atoms with Gasteiger partial charge in [-0.15, -0.1) is 0 Å². The predicted molar refractivity (Wildman–Crippen MR) is 138 cm³/mol. The molecule has 1 fully saturated rings. The summed E-state index contributed by atoms with van der Waals surface area (Å²) in [6.07, 6.45) is -1.44. The van der Waals surface area contributed by atoms with Crippen LogP contribution in [0.4, 0.5) is 23.2 Å². The van der Waals surface area contributed by atoms with Crippen LogP contribution in [0.25, 0.3) is 0 Å². The van der Waals surface area contributed by atoms with Crippen LogP contribution in [0, 0.1) is 11.8 Å². The van der Waals surface area contributed by atoms with Crippen molar-refractivity contribution in [1.82, 2.24) is 20.9 Å². The average molecular weight is 536 g/mol. The Balaban J connectivity index is 1.74. The maximum atomic E-state index is 14.7. The van der Waals surface area contributed by atoms with Gasteiger partial charge in [-0.2, -0.15) is 13.2 Å². The normalized spacial score (nSPS) is 23.6. The molecule has 206 valence electrons. The lowest BCUT2D eigenvalue weighted by Crippen LogP contribution is -2.46. The highest BCUT2D eigenvalue weighted by atomic mass is 19.4. The fraction of sp³-hybridized carbons (Fsp3) is 0.481. The molecule has 0 saturated carbocycles. The number of piperidine rings is 1. The minimum atomic E-state index is -4.61. The summed E-state index contributed by atoms with van der Waals surface area (Å²) in [4.78, 5) is 24.5. The van der Waals surface area contributed by atoms with E-state index in [9.17, 15) is 27.2 Å². The summed E-state index contributed by atoms with van der Waals surface area (Å²) >= 11 is 0. The van der Waals surface area contributed by atoms with Crippen LogP contribution in [-0.4, -0.2) is 74.4 Å². The molecule has 1 saturated heterocycles. The number of carbonyl (C=O) groups is 2. The third-order valence-electron chi connectivity index (χ3n) is 6.50. The van der Waals surface area contributed by atoms with Gasteiger partial charge in [0.15, 0.2) is 0 Å². The van der Waals surface area contributed by atoms with Crippen molar-refractivity contribution in [2.75, 3.05) is 38.5 Å². The van der Waals surface area contributed by atoms with Gasteiger partial charge in [0.25, 0.3) is 5.91 Å². The number of halogens is 4. The number of carbonyl (C=O) groups excluding carboxylic acids is 2. The van der Waals surface area contributed by atoms with Crippen molar-refractivity contribution in [1.29, 1.82) is 0 Å². The largest absolute Gasteiger partial charge is 0.413 e. The molecular weight excluding hydrogens is 502 g/mol. The topological polar surface area (TPSA) is 85.5 Å². The second-order valence-electron chi connectivity index (χ2n) is 9.47. The van der Waals surface area contributed by atoms with Crippen LogP contribution in [0.15, 0.2) is 42.5 Å². The molecule has 1 aromatic carbocycles. The van der Waals surface area contributed by atoms with Crippen molar-refractivity contribution in [3.8, 4) is 11.8 Å². The van der Waals surface area contributed by atoms with Gasteiger partial charge in [0.1, 0.15) is 6.17 Å². The molecule has 2 unspecified atom stereocenters. The van der Waals surface area contributed by atoms with Gasteiger partial charge >= 0.3 is 6.18 Å². The lowest BCUT2D eigenvalue weighted by Gasteiger charge is -2.37. The Morgan fingerprint density at radius 3 is 2.74 bits per heavy atom.